The van der Waals surface area contributed by atoms with E-state index in [2.05, 4.69) is 0 Å². The fourth-order valence-electron chi connectivity index (χ4n) is 4.33. The maximum absolute atomic E-state index is 13.7. The van der Waals surface area contributed by atoms with Gasteiger partial charge in [0.25, 0.3) is 0 Å². The minimum Gasteiger partial charge on any atom is -0.507 e. The van der Waals surface area contributed by atoms with Crippen molar-refractivity contribution in [3.8, 4) is 0 Å². The highest BCUT2D eigenvalue weighted by atomic mass is 16.5. The number of ether oxygens (including phenoxy) is 1. The zero-order valence-corrected chi connectivity index (χ0v) is 18.7. The number of hydrogen-bond acceptors (Lipinski definition) is 4. The Morgan fingerprint density at radius 2 is 1.67 bits per heavy atom. The van der Waals surface area contributed by atoms with Crippen LogP contribution in [0.1, 0.15) is 71.8 Å². The molecular weight excluding hydrogens is 376 g/mol. The fraction of sp³-hybridized carbons (Fsp3) is 0.462. The Bertz CT molecular complexity index is 837. The van der Waals surface area contributed by atoms with E-state index >= 15 is 0 Å². The summed E-state index contributed by atoms with van der Waals surface area (Å²) >= 11 is 0. The maximum atomic E-state index is 13.7. The van der Waals surface area contributed by atoms with E-state index in [-0.39, 0.29) is 17.1 Å². The minimum absolute atomic E-state index is 0.101. The first-order chi connectivity index (χ1) is 14.5. The molecule has 4 heteroatoms. The molecule has 0 aliphatic heterocycles. The summed E-state index contributed by atoms with van der Waals surface area (Å²) in [5.74, 6) is -0.408. The molecule has 0 spiro atoms. The predicted octanol–water partition coefficient (Wildman–Crippen LogP) is 6.34. The summed E-state index contributed by atoms with van der Waals surface area (Å²) < 4.78 is 6.00. The Morgan fingerprint density at radius 1 is 1.03 bits per heavy atom. The Kier molecular flexibility index (Phi) is 8.64. The van der Waals surface area contributed by atoms with Gasteiger partial charge in [0, 0.05) is 5.57 Å². The summed E-state index contributed by atoms with van der Waals surface area (Å²) in [6.07, 6.45) is 7.15. The number of carbonyl (C=O) groups excluding carboxylic acids is 2. The van der Waals surface area contributed by atoms with E-state index in [0.717, 1.165) is 24.8 Å². The van der Waals surface area contributed by atoms with E-state index in [1.807, 2.05) is 58.0 Å². The molecule has 0 bridgehead atoms. The van der Waals surface area contributed by atoms with Crippen molar-refractivity contribution in [2.75, 3.05) is 6.61 Å². The number of aliphatic hydroxyl groups excluding tert-OH is 1. The predicted molar refractivity (Wildman–Crippen MR) is 121 cm³/mol. The molecule has 1 N–H and O–H groups in total. The Labute approximate surface area is 180 Å². The van der Waals surface area contributed by atoms with Crippen LogP contribution in [0.2, 0.25) is 0 Å². The third-order valence-electron chi connectivity index (χ3n) is 5.51. The van der Waals surface area contributed by atoms with Gasteiger partial charge in [-0.3, -0.25) is 9.59 Å². The van der Waals surface area contributed by atoms with Gasteiger partial charge in [-0.1, -0.05) is 76.4 Å². The molecule has 4 nitrogen and oxygen atoms in total. The number of benzene rings is 1. The molecule has 162 valence electrons. The number of Topliss-reactive ketones (excluding diaryl/α,β-unsaturated/α-hetero) is 1. The van der Waals surface area contributed by atoms with Gasteiger partial charge in [-0.05, 0) is 37.8 Å². The molecule has 0 atom stereocenters. The summed E-state index contributed by atoms with van der Waals surface area (Å²) in [5, 5.41) is 11.0. The monoisotopic (exact) mass is 410 g/mol. The van der Waals surface area contributed by atoms with Crippen molar-refractivity contribution in [1.29, 1.82) is 0 Å². The van der Waals surface area contributed by atoms with Crippen molar-refractivity contribution in [2.45, 2.75) is 66.2 Å². The number of ketones is 2. The molecule has 0 amide bonds. The second-order valence-corrected chi connectivity index (χ2v) is 7.73. The molecule has 1 aromatic rings. The van der Waals surface area contributed by atoms with Gasteiger partial charge in [0.1, 0.15) is 17.1 Å². The number of aliphatic hydroxyl groups is 1. The van der Waals surface area contributed by atoms with E-state index in [1.54, 1.807) is 6.08 Å². The molecule has 0 aromatic heterocycles. The average Bonchev–Trinajstić information content (AvgIpc) is 2.74. The van der Waals surface area contributed by atoms with Crippen LogP contribution in [-0.4, -0.2) is 23.3 Å². The first-order valence-electron chi connectivity index (χ1n) is 11.1. The van der Waals surface area contributed by atoms with Crippen molar-refractivity contribution in [3.05, 3.63) is 64.6 Å². The highest BCUT2D eigenvalue weighted by Crippen LogP contribution is 2.48. The molecule has 0 radical (unpaired) electrons. The van der Waals surface area contributed by atoms with Crippen LogP contribution >= 0.6 is 0 Å². The van der Waals surface area contributed by atoms with E-state index in [9.17, 15) is 14.7 Å². The number of rotatable bonds is 11. The first kappa shape index (κ1) is 23.7. The second-order valence-electron chi connectivity index (χ2n) is 7.73. The van der Waals surface area contributed by atoms with Crippen LogP contribution in [0, 0.1) is 5.41 Å². The van der Waals surface area contributed by atoms with Crippen LogP contribution < -0.4 is 0 Å². The summed E-state index contributed by atoms with van der Waals surface area (Å²) in [6, 6.07) is 9.44. The molecule has 1 aliphatic rings. The molecular formula is C26H34O4. The van der Waals surface area contributed by atoms with Crippen LogP contribution in [-0.2, 0) is 14.3 Å². The van der Waals surface area contributed by atoms with Crippen molar-refractivity contribution < 1.29 is 19.4 Å². The molecule has 1 aliphatic carbocycles. The van der Waals surface area contributed by atoms with E-state index in [0.29, 0.717) is 37.2 Å². The van der Waals surface area contributed by atoms with Crippen LogP contribution in [0.15, 0.2) is 59.1 Å². The lowest BCUT2D eigenvalue weighted by molar-refractivity contribution is -0.128. The lowest BCUT2D eigenvalue weighted by Crippen LogP contribution is -2.41. The smallest absolute Gasteiger partial charge is 0.193 e. The van der Waals surface area contributed by atoms with E-state index < -0.39 is 11.2 Å². The van der Waals surface area contributed by atoms with Gasteiger partial charge in [-0.15, -0.1) is 0 Å². The van der Waals surface area contributed by atoms with Gasteiger partial charge >= 0.3 is 0 Å². The lowest BCUT2D eigenvalue weighted by atomic mass is 9.66. The normalized spacial score (nSPS) is 16.5. The number of allylic oxidation sites excluding steroid dienone is 4. The highest BCUT2D eigenvalue weighted by Gasteiger charge is 2.50. The summed E-state index contributed by atoms with van der Waals surface area (Å²) in [7, 11) is 0. The van der Waals surface area contributed by atoms with E-state index in [1.165, 1.54) is 6.08 Å². The minimum atomic E-state index is -0.887. The molecule has 0 saturated heterocycles. The largest absolute Gasteiger partial charge is 0.507 e. The molecule has 0 unspecified atom stereocenters. The number of hydrogen-bond donors (Lipinski definition) is 1. The summed E-state index contributed by atoms with van der Waals surface area (Å²) in [4.78, 5) is 26.9. The molecule has 1 aromatic carbocycles. The van der Waals surface area contributed by atoms with Gasteiger partial charge < -0.3 is 9.84 Å². The second kappa shape index (κ2) is 11.0. The van der Waals surface area contributed by atoms with Gasteiger partial charge in [-0.25, -0.2) is 0 Å². The van der Waals surface area contributed by atoms with Gasteiger partial charge in [-0.2, -0.15) is 0 Å². The molecule has 0 saturated carbocycles. The first-order valence-corrected chi connectivity index (χ1v) is 11.1. The molecule has 0 fully saturated rings. The van der Waals surface area contributed by atoms with Crippen molar-refractivity contribution in [2.24, 2.45) is 5.41 Å². The van der Waals surface area contributed by atoms with Crippen LogP contribution in [0.4, 0.5) is 0 Å². The zero-order valence-electron chi connectivity index (χ0n) is 18.7. The average molecular weight is 411 g/mol. The highest BCUT2D eigenvalue weighted by molar-refractivity contribution is 6.28. The van der Waals surface area contributed by atoms with Crippen molar-refractivity contribution >= 4 is 17.6 Å². The fourth-order valence-corrected chi connectivity index (χ4v) is 4.33. The molecule has 0 heterocycles. The third-order valence-corrected chi connectivity index (χ3v) is 5.51. The third kappa shape index (κ3) is 4.75. The van der Waals surface area contributed by atoms with Gasteiger partial charge in [0.15, 0.2) is 11.6 Å². The van der Waals surface area contributed by atoms with E-state index in [4.69, 9.17) is 4.74 Å². The Morgan fingerprint density at radius 3 is 2.20 bits per heavy atom. The molecule has 2 rings (SSSR count). The van der Waals surface area contributed by atoms with Gasteiger partial charge in [0.05, 0.1) is 12.0 Å². The zero-order chi connectivity index (χ0) is 22.1. The van der Waals surface area contributed by atoms with Crippen LogP contribution in [0.5, 0.6) is 0 Å². The maximum Gasteiger partial charge on any atom is 0.193 e. The molecule has 30 heavy (non-hydrogen) atoms. The quantitative estimate of drug-likeness (QED) is 0.341. The van der Waals surface area contributed by atoms with Crippen LogP contribution in [0.25, 0.3) is 6.08 Å². The van der Waals surface area contributed by atoms with Crippen molar-refractivity contribution in [3.63, 3.8) is 0 Å². The lowest BCUT2D eigenvalue weighted by Gasteiger charge is -2.39. The summed E-state index contributed by atoms with van der Waals surface area (Å²) in [6.45, 7) is 8.37. The number of carbonyl (C=O) groups is 2. The SMILES string of the molecule is CCCC1=C(OCC)C(CCC)(CCC)C(=O)C(C(=O)/C=C/c2ccccc2)=C1O. The van der Waals surface area contributed by atoms with Gasteiger partial charge in [0.2, 0.25) is 0 Å². The van der Waals surface area contributed by atoms with Crippen LogP contribution in [0.3, 0.4) is 0 Å². The summed E-state index contributed by atoms with van der Waals surface area (Å²) in [5.41, 5.74) is 0.483. The topological polar surface area (TPSA) is 63.6 Å². The standard InChI is InChI=1S/C26H34O4/c1-5-12-20-23(28)22(21(27)16-15-19-13-10-9-11-14-19)24(29)26(17-6-2,18-7-3)25(20)30-8-4/h9-11,13-16,28H,5-8,12,17-18H2,1-4H3/b16-15+. The Hall–Kier alpha value is -2.62. The van der Waals surface area contributed by atoms with Crippen molar-refractivity contribution in [1.82, 2.24) is 0 Å². The Balaban J connectivity index is 2.63.